The summed E-state index contributed by atoms with van der Waals surface area (Å²) in [6.07, 6.45) is 6.31. The summed E-state index contributed by atoms with van der Waals surface area (Å²) in [5, 5.41) is 4.46. The van der Waals surface area contributed by atoms with Crippen molar-refractivity contribution in [2.75, 3.05) is 6.61 Å². The molecule has 0 radical (unpaired) electrons. The Bertz CT molecular complexity index is 1530. The normalized spacial score (nSPS) is 15.0. The summed E-state index contributed by atoms with van der Waals surface area (Å²) in [7, 11) is 0. The lowest BCUT2D eigenvalue weighted by Crippen LogP contribution is -2.28. The Morgan fingerprint density at radius 1 is 1.14 bits per heavy atom. The molecule has 220 valence electrons. The number of aliphatic imine (C=N–C) groups is 1. The van der Waals surface area contributed by atoms with Crippen LogP contribution in [-0.4, -0.2) is 18.7 Å². The molecule has 0 saturated carbocycles. The molecule has 6 nitrogen and oxygen atoms in total. The van der Waals surface area contributed by atoms with Gasteiger partial charge in [-0.05, 0) is 96.7 Å². The Hall–Kier alpha value is -3.55. The molecule has 0 aliphatic heterocycles. The number of carbonyl (C=O) groups excluding carboxylic acids is 1. The van der Waals surface area contributed by atoms with Gasteiger partial charge in [-0.2, -0.15) is 0 Å². The fourth-order valence-electron chi connectivity index (χ4n) is 5.17. The fourth-order valence-corrected chi connectivity index (χ4v) is 6.57. The van der Waals surface area contributed by atoms with Crippen molar-refractivity contribution in [1.29, 1.82) is 0 Å². The van der Waals surface area contributed by atoms with E-state index >= 15 is 0 Å². The highest BCUT2D eigenvalue weighted by molar-refractivity contribution is 7.16. The number of fused-ring (bicyclic) bond motifs is 1. The summed E-state index contributed by atoms with van der Waals surface area (Å²) < 4.78 is 17.4. The molecule has 1 aliphatic carbocycles. The maximum Gasteiger partial charge on any atom is 0.255 e. The van der Waals surface area contributed by atoms with Crippen molar-refractivity contribution in [3.63, 3.8) is 0 Å². The minimum atomic E-state index is -0.119. The van der Waals surface area contributed by atoms with E-state index in [1.54, 1.807) is 23.8 Å². The molecule has 0 fully saturated rings. The average Bonchev–Trinajstić information content (AvgIpc) is 3.62. The number of thiophene rings is 1. The second-order valence-electron chi connectivity index (χ2n) is 11.6. The molecule has 2 heterocycles. The monoisotopic (exact) mass is 604 g/mol. The van der Waals surface area contributed by atoms with Crippen molar-refractivity contribution in [1.82, 2.24) is 5.32 Å². The number of rotatable bonds is 10. The lowest BCUT2D eigenvalue weighted by Gasteiger charge is -2.33. The minimum absolute atomic E-state index is 0.119. The minimum Gasteiger partial charge on any atom is -0.490 e. The number of carbonyl (C=O) groups is 1. The summed E-state index contributed by atoms with van der Waals surface area (Å²) in [5.41, 5.74) is 3.89. The number of halogens is 1. The van der Waals surface area contributed by atoms with E-state index in [4.69, 9.17) is 30.5 Å². The molecule has 1 atom stereocenters. The van der Waals surface area contributed by atoms with E-state index in [0.717, 1.165) is 41.0 Å². The third-order valence-electron chi connectivity index (χ3n) is 7.61. The van der Waals surface area contributed by atoms with Gasteiger partial charge in [-0.15, -0.1) is 11.3 Å². The number of nitrogens with one attached hydrogen (secondary N) is 1. The molecule has 2 aromatic heterocycles. The molecule has 4 aromatic rings. The van der Waals surface area contributed by atoms with Crippen LogP contribution >= 0.6 is 22.9 Å². The first kappa shape index (κ1) is 29.9. The number of ether oxygens (including phenoxy) is 2. The van der Waals surface area contributed by atoms with Gasteiger partial charge in [0.1, 0.15) is 17.4 Å². The molecule has 1 aliphatic rings. The molecular formula is C34H37ClN2O4S. The third kappa shape index (κ3) is 7.26. The van der Waals surface area contributed by atoms with Gasteiger partial charge in [-0.25, -0.2) is 4.99 Å². The first-order valence-electron chi connectivity index (χ1n) is 14.3. The van der Waals surface area contributed by atoms with Crippen molar-refractivity contribution < 1.29 is 18.7 Å². The molecule has 42 heavy (non-hydrogen) atoms. The predicted octanol–water partition coefficient (Wildman–Crippen LogP) is 8.80. The number of hydrogen-bond donors (Lipinski definition) is 1. The lowest BCUT2D eigenvalue weighted by molar-refractivity contribution is 0.0947. The summed E-state index contributed by atoms with van der Waals surface area (Å²) in [6, 6.07) is 17.0. The van der Waals surface area contributed by atoms with Crippen molar-refractivity contribution in [3.05, 3.63) is 98.8 Å². The van der Waals surface area contributed by atoms with Crippen LogP contribution in [0, 0.1) is 11.3 Å². The number of hydrogen-bond acceptors (Lipinski definition) is 6. The van der Waals surface area contributed by atoms with E-state index < -0.39 is 0 Å². The van der Waals surface area contributed by atoms with E-state index in [1.807, 2.05) is 61.5 Å². The molecule has 0 spiro atoms. The van der Waals surface area contributed by atoms with Crippen LogP contribution < -0.4 is 14.8 Å². The zero-order chi connectivity index (χ0) is 29.7. The fraction of sp³-hybridized carbons (Fsp3) is 0.353. The lowest BCUT2D eigenvalue weighted by atomic mass is 9.72. The van der Waals surface area contributed by atoms with Crippen LogP contribution in [0.15, 0.2) is 70.3 Å². The third-order valence-corrected chi connectivity index (χ3v) is 9.02. The Labute approximate surface area is 256 Å². The van der Waals surface area contributed by atoms with E-state index in [2.05, 4.69) is 26.1 Å². The van der Waals surface area contributed by atoms with Gasteiger partial charge in [-0.3, -0.25) is 4.79 Å². The molecule has 2 aromatic carbocycles. The van der Waals surface area contributed by atoms with Crippen molar-refractivity contribution in [2.45, 2.75) is 60.1 Å². The van der Waals surface area contributed by atoms with E-state index in [0.29, 0.717) is 53.5 Å². The summed E-state index contributed by atoms with van der Waals surface area (Å²) in [6.45, 7) is 10.1. The Morgan fingerprint density at radius 3 is 2.67 bits per heavy atom. The Kier molecular flexibility index (Phi) is 9.39. The zero-order valence-corrected chi connectivity index (χ0v) is 26.1. The summed E-state index contributed by atoms with van der Waals surface area (Å²) in [4.78, 5) is 19.6. The highest BCUT2D eigenvalue weighted by atomic mass is 35.5. The van der Waals surface area contributed by atoms with Crippen LogP contribution in [0.4, 0.5) is 5.00 Å². The molecule has 8 heteroatoms. The van der Waals surface area contributed by atoms with Crippen LogP contribution in [0.25, 0.3) is 0 Å². The van der Waals surface area contributed by atoms with Crippen LogP contribution in [0.3, 0.4) is 0 Å². The van der Waals surface area contributed by atoms with Crippen LogP contribution in [0.2, 0.25) is 5.02 Å². The number of furan rings is 1. The van der Waals surface area contributed by atoms with Gasteiger partial charge >= 0.3 is 0 Å². The van der Waals surface area contributed by atoms with Gasteiger partial charge in [-0.1, -0.05) is 44.5 Å². The number of amides is 1. The second-order valence-corrected chi connectivity index (χ2v) is 13.1. The maximum absolute atomic E-state index is 13.5. The first-order chi connectivity index (χ1) is 20.2. The van der Waals surface area contributed by atoms with Gasteiger partial charge in [0, 0.05) is 16.1 Å². The predicted molar refractivity (Wildman–Crippen MR) is 170 cm³/mol. The molecule has 0 bridgehead atoms. The zero-order valence-electron chi connectivity index (χ0n) is 24.5. The average molecular weight is 605 g/mol. The standard InChI is InChI=1S/C34H37ClN2O4S/c1-5-39-29-17-23(10-15-28(29)41-21-22-8-12-25(35)13-9-22)19-37-33-31(32(38)36-20-26-7-6-16-40-26)27-14-11-24(34(2,3)4)18-30(27)42-33/h6-10,12-13,15-17,19,24H,5,11,14,18,20-21H2,1-4H3,(H,36,38)/t24-/m0/s1. The smallest absolute Gasteiger partial charge is 0.255 e. The molecular weight excluding hydrogens is 568 g/mol. The van der Waals surface area contributed by atoms with E-state index in [1.165, 1.54) is 4.88 Å². The summed E-state index contributed by atoms with van der Waals surface area (Å²) in [5.74, 6) is 2.46. The summed E-state index contributed by atoms with van der Waals surface area (Å²) >= 11 is 7.64. The second kappa shape index (κ2) is 13.2. The van der Waals surface area contributed by atoms with Gasteiger partial charge in [0.2, 0.25) is 0 Å². The van der Waals surface area contributed by atoms with Gasteiger partial charge < -0.3 is 19.2 Å². The molecule has 1 amide bonds. The number of benzene rings is 2. The molecule has 1 N–H and O–H groups in total. The van der Waals surface area contributed by atoms with Crippen LogP contribution in [0.1, 0.15) is 71.8 Å². The Morgan fingerprint density at radius 2 is 1.95 bits per heavy atom. The van der Waals surface area contributed by atoms with Gasteiger partial charge in [0.05, 0.1) is 25.0 Å². The first-order valence-corrected chi connectivity index (χ1v) is 15.5. The topological polar surface area (TPSA) is 73.1 Å². The van der Waals surface area contributed by atoms with Crippen molar-refractivity contribution in [2.24, 2.45) is 16.3 Å². The van der Waals surface area contributed by atoms with Gasteiger partial charge in [0.15, 0.2) is 11.5 Å². The molecule has 5 rings (SSSR count). The largest absolute Gasteiger partial charge is 0.490 e. The highest BCUT2D eigenvalue weighted by Crippen LogP contribution is 2.45. The van der Waals surface area contributed by atoms with E-state index in [-0.39, 0.29) is 11.3 Å². The highest BCUT2D eigenvalue weighted by Gasteiger charge is 2.33. The van der Waals surface area contributed by atoms with Crippen molar-refractivity contribution >= 4 is 40.1 Å². The van der Waals surface area contributed by atoms with E-state index in [9.17, 15) is 4.79 Å². The van der Waals surface area contributed by atoms with Crippen molar-refractivity contribution in [3.8, 4) is 11.5 Å². The van der Waals surface area contributed by atoms with Gasteiger partial charge in [0.25, 0.3) is 5.91 Å². The number of nitrogens with zero attached hydrogens (tertiary/aromatic N) is 1. The molecule has 0 unspecified atom stereocenters. The Balaban J connectivity index is 1.39. The van der Waals surface area contributed by atoms with Crippen LogP contribution in [-0.2, 0) is 26.0 Å². The quantitative estimate of drug-likeness (QED) is 0.184. The maximum atomic E-state index is 13.5. The van der Waals surface area contributed by atoms with Crippen LogP contribution in [0.5, 0.6) is 11.5 Å². The SMILES string of the molecule is CCOc1cc(C=Nc2sc3c(c2C(=O)NCc2ccco2)CC[C@H](C(C)(C)C)C3)ccc1OCc1ccc(Cl)cc1. The molecule has 0 saturated heterocycles.